The normalized spacial score (nSPS) is 30.7. The summed E-state index contributed by atoms with van der Waals surface area (Å²) >= 11 is 2.11. The van der Waals surface area contributed by atoms with Gasteiger partial charge in [0.2, 0.25) is 0 Å². The van der Waals surface area contributed by atoms with Crippen molar-refractivity contribution in [1.29, 1.82) is 0 Å². The van der Waals surface area contributed by atoms with Crippen LogP contribution in [0.1, 0.15) is 33.1 Å². The Morgan fingerprint density at radius 1 is 1.46 bits per heavy atom. The standard InChI is InChI=1S/C11H23NS/c1-4-5-9(2)6-10-7-13-8-11(10)12-3/h9-12H,4-8H2,1-3H3. The predicted molar refractivity (Wildman–Crippen MR) is 62.4 cm³/mol. The third-order valence-corrected chi connectivity index (χ3v) is 4.31. The highest BCUT2D eigenvalue weighted by molar-refractivity contribution is 7.99. The molecule has 1 nitrogen and oxygen atoms in total. The largest absolute Gasteiger partial charge is 0.316 e. The van der Waals surface area contributed by atoms with E-state index in [1.807, 2.05) is 0 Å². The van der Waals surface area contributed by atoms with Crippen LogP contribution < -0.4 is 5.32 Å². The second-order valence-electron chi connectivity index (χ2n) is 4.32. The molecule has 1 fully saturated rings. The summed E-state index contributed by atoms with van der Waals surface area (Å²) in [5.74, 6) is 4.54. The summed E-state index contributed by atoms with van der Waals surface area (Å²) in [4.78, 5) is 0. The Labute approximate surface area is 87.1 Å². The van der Waals surface area contributed by atoms with Crippen LogP contribution in [-0.4, -0.2) is 24.6 Å². The minimum absolute atomic E-state index is 0.782. The Balaban J connectivity index is 2.26. The highest BCUT2D eigenvalue weighted by Gasteiger charge is 2.27. The SMILES string of the molecule is CCCC(C)CC1CSCC1NC. The average Bonchev–Trinajstić information content (AvgIpc) is 2.52. The van der Waals surface area contributed by atoms with Gasteiger partial charge in [-0.1, -0.05) is 26.7 Å². The van der Waals surface area contributed by atoms with Gasteiger partial charge < -0.3 is 5.32 Å². The van der Waals surface area contributed by atoms with E-state index in [0.29, 0.717) is 0 Å². The Hall–Kier alpha value is 0.310. The van der Waals surface area contributed by atoms with Gasteiger partial charge in [-0.25, -0.2) is 0 Å². The van der Waals surface area contributed by atoms with Crippen LogP contribution in [0.4, 0.5) is 0 Å². The van der Waals surface area contributed by atoms with Gasteiger partial charge in [0.15, 0.2) is 0 Å². The molecule has 0 amide bonds. The summed E-state index contributed by atoms with van der Waals surface area (Å²) < 4.78 is 0. The average molecular weight is 201 g/mol. The second-order valence-corrected chi connectivity index (χ2v) is 5.40. The summed E-state index contributed by atoms with van der Waals surface area (Å²) in [7, 11) is 2.11. The lowest BCUT2D eigenvalue weighted by molar-refractivity contribution is 0.348. The number of rotatable bonds is 5. The Bertz CT molecular complexity index is 138. The quantitative estimate of drug-likeness (QED) is 0.734. The number of thioether (sulfide) groups is 1. The fourth-order valence-corrected chi connectivity index (χ4v) is 3.78. The molecule has 0 aromatic carbocycles. The van der Waals surface area contributed by atoms with Crippen molar-refractivity contribution in [3.8, 4) is 0 Å². The van der Waals surface area contributed by atoms with E-state index in [0.717, 1.165) is 17.9 Å². The molecule has 1 rings (SSSR count). The van der Waals surface area contributed by atoms with E-state index in [1.165, 1.54) is 30.8 Å². The zero-order valence-corrected chi connectivity index (χ0v) is 9.99. The number of hydrogen-bond donors (Lipinski definition) is 1. The zero-order chi connectivity index (χ0) is 9.68. The molecular formula is C11H23NS. The van der Waals surface area contributed by atoms with Gasteiger partial charge in [0, 0.05) is 11.8 Å². The Morgan fingerprint density at radius 2 is 2.23 bits per heavy atom. The lowest BCUT2D eigenvalue weighted by Gasteiger charge is -2.21. The highest BCUT2D eigenvalue weighted by atomic mass is 32.2. The second kappa shape index (κ2) is 5.92. The fourth-order valence-electron chi connectivity index (χ4n) is 2.28. The van der Waals surface area contributed by atoms with Gasteiger partial charge in [0.05, 0.1) is 0 Å². The molecule has 0 aliphatic carbocycles. The van der Waals surface area contributed by atoms with Crippen molar-refractivity contribution < 1.29 is 0 Å². The van der Waals surface area contributed by atoms with Crippen molar-refractivity contribution in [2.75, 3.05) is 18.6 Å². The fraction of sp³-hybridized carbons (Fsp3) is 1.00. The third-order valence-electron chi connectivity index (χ3n) is 3.06. The molecule has 13 heavy (non-hydrogen) atoms. The maximum atomic E-state index is 3.44. The minimum atomic E-state index is 0.782. The van der Waals surface area contributed by atoms with E-state index in [2.05, 4.69) is 38.0 Å². The van der Waals surface area contributed by atoms with E-state index in [4.69, 9.17) is 0 Å². The van der Waals surface area contributed by atoms with Gasteiger partial charge in [0.25, 0.3) is 0 Å². The van der Waals surface area contributed by atoms with Crippen LogP contribution >= 0.6 is 11.8 Å². The van der Waals surface area contributed by atoms with Gasteiger partial charge in [0.1, 0.15) is 0 Å². The van der Waals surface area contributed by atoms with Crippen LogP contribution in [0, 0.1) is 11.8 Å². The smallest absolute Gasteiger partial charge is 0.0191 e. The molecule has 0 saturated carbocycles. The molecule has 0 aromatic rings. The molecule has 0 bridgehead atoms. The van der Waals surface area contributed by atoms with Crippen LogP contribution in [0.2, 0.25) is 0 Å². The highest BCUT2D eigenvalue weighted by Crippen LogP contribution is 2.30. The molecule has 2 heteroatoms. The Kier molecular flexibility index (Phi) is 5.18. The Morgan fingerprint density at radius 3 is 2.85 bits per heavy atom. The van der Waals surface area contributed by atoms with Crippen LogP contribution in [-0.2, 0) is 0 Å². The molecule has 3 unspecified atom stereocenters. The summed E-state index contributed by atoms with van der Waals surface area (Å²) in [6, 6.07) is 0.782. The van der Waals surface area contributed by atoms with Crippen LogP contribution in [0.25, 0.3) is 0 Å². The topological polar surface area (TPSA) is 12.0 Å². The molecule has 0 aromatic heterocycles. The monoisotopic (exact) mass is 201 g/mol. The van der Waals surface area contributed by atoms with E-state index in [-0.39, 0.29) is 0 Å². The summed E-state index contributed by atoms with van der Waals surface area (Å²) in [6.07, 6.45) is 4.16. The molecule has 1 saturated heterocycles. The molecule has 1 heterocycles. The van der Waals surface area contributed by atoms with Crippen LogP contribution in [0.15, 0.2) is 0 Å². The lowest BCUT2D eigenvalue weighted by Crippen LogP contribution is -2.33. The summed E-state index contributed by atoms with van der Waals surface area (Å²) in [6.45, 7) is 4.69. The molecule has 1 aliphatic rings. The zero-order valence-electron chi connectivity index (χ0n) is 9.18. The first-order valence-corrected chi connectivity index (χ1v) is 6.68. The molecular weight excluding hydrogens is 178 g/mol. The lowest BCUT2D eigenvalue weighted by atomic mass is 9.90. The summed E-state index contributed by atoms with van der Waals surface area (Å²) in [5.41, 5.74) is 0. The first-order chi connectivity index (χ1) is 6.27. The maximum absolute atomic E-state index is 3.44. The van der Waals surface area contributed by atoms with Crippen LogP contribution in [0.3, 0.4) is 0 Å². The molecule has 1 aliphatic heterocycles. The molecule has 0 radical (unpaired) electrons. The van der Waals surface area contributed by atoms with Crippen molar-refractivity contribution in [1.82, 2.24) is 5.32 Å². The molecule has 78 valence electrons. The molecule has 3 atom stereocenters. The first kappa shape index (κ1) is 11.4. The summed E-state index contributed by atoms with van der Waals surface area (Å²) in [5, 5.41) is 3.44. The van der Waals surface area contributed by atoms with Crippen molar-refractivity contribution in [2.45, 2.75) is 39.2 Å². The molecule has 1 N–H and O–H groups in total. The van der Waals surface area contributed by atoms with Crippen LogP contribution in [0.5, 0.6) is 0 Å². The van der Waals surface area contributed by atoms with E-state index in [9.17, 15) is 0 Å². The first-order valence-electron chi connectivity index (χ1n) is 5.53. The minimum Gasteiger partial charge on any atom is -0.316 e. The van der Waals surface area contributed by atoms with E-state index in [1.54, 1.807) is 0 Å². The van der Waals surface area contributed by atoms with Gasteiger partial charge in [-0.05, 0) is 31.1 Å². The van der Waals surface area contributed by atoms with Gasteiger partial charge in [-0.3, -0.25) is 0 Å². The predicted octanol–water partition coefficient (Wildman–Crippen LogP) is 2.76. The molecule has 0 spiro atoms. The van der Waals surface area contributed by atoms with Crippen molar-refractivity contribution >= 4 is 11.8 Å². The van der Waals surface area contributed by atoms with Gasteiger partial charge in [-0.15, -0.1) is 0 Å². The van der Waals surface area contributed by atoms with Gasteiger partial charge >= 0.3 is 0 Å². The third kappa shape index (κ3) is 3.51. The van der Waals surface area contributed by atoms with Crippen molar-refractivity contribution in [2.24, 2.45) is 11.8 Å². The number of nitrogens with one attached hydrogen (secondary N) is 1. The van der Waals surface area contributed by atoms with Gasteiger partial charge in [-0.2, -0.15) is 11.8 Å². The van der Waals surface area contributed by atoms with Crippen molar-refractivity contribution in [3.63, 3.8) is 0 Å². The maximum Gasteiger partial charge on any atom is 0.0191 e. The van der Waals surface area contributed by atoms with E-state index >= 15 is 0 Å². The van der Waals surface area contributed by atoms with Crippen molar-refractivity contribution in [3.05, 3.63) is 0 Å². The van der Waals surface area contributed by atoms with E-state index < -0.39 is 0 Å². The number of hydrogen-bond acceptors (Lipinski definition) is 2.